The number of carbonyl (C=O) groups excluding carboxylic acids is 1. The molecule has 0 aliphatic carbocycles. The van der Waals surface area contributed by atoms with Gasteiger partial charge in [-0.2, -0.15) is 0 Å². The van der Waals surface area contributed by atoms with E-state index >= 15 is 0 Å². The Balaban J connectivity index is 1.80. The number of rotatable bonds is 6. The van der Waals surface area contributed by atoms with E-state index in [1.54, 1.807) is 7.11 Å². The monoisotopic (exact) mass is 322 g/mol. The zero-order valence-corrected chi connectivity index (χ0v) is 12.8. The summed E-state index contributed by atoms with van der Waals surface area (Å²) in [5.41, 5.74) is 1.48. The molecule has 2 N–H and O–H groups in total. The van der Waals surface area contributed by atoms with Gasteiger partial charge >= 0.3 is 0 Å². The van der Waals surface area contributed by atoms with Gasteiger partial charge in [0.05, 0.1) is 24.4 Å². The van der Waals surface area contributed by atoms with Crippen LogP contribution in [0.1, 0.15) is 5.56 Å². The molecule has 1 amide bonds. The van der Waals surface area contributed by atoms with Crippen LogP contribution in [0.15, 0.2) is 42.5 Å². The Hall–Kier alpha value is -2.27. The van der Waals surface area contributed by atoms with Crippen molar-refractivity contribution in [2.45, 2.75) is 6.54 Å². The van der Waals surface area contributed by atoms with Crippen LogP contribution >= 0.6 is 11.6 Å². The van der Waals surface area contributed by atoms with Gasteiger partial charge in [-0.05, 0) is 35.9 Å². The summed E-state index contributed by atoms with van der Waals surface area (Å²) >= 11 is 5.87. The standard InChI is InChI=1S/C16H16ClFN2O2/c1-22-13-5-2-11(3-6-13)9-20-16(21)10-19-15-7-4-12(18)8-14(15)17/h2-8,19H,9-10H2,1H3,(H,20,21). The number of benzene rings is 2. The van der Waals surface area contributed by atoms with Crippen molar-refractivity contribution in [3.63, 3.8) is 0 Å². The van der Waals surface area contributed by atoms with Gasteiger partial charge in [0.25, 0.3) is 0 Å². The Morgan fingerprint density at radius 2 is 1.95 bits per heavy atom. The summed E-state index contributed by atoms with van der Waals surface area (Å²) in [6, 6.07) is 11.4. The molecule has 0 radical (unpaired) electrons. The van der Waals surface area contributed by atoms with Crippen molar-refractivity contribution in [1.82, 2.24) is 5.32 Å². The Bertz CT molecular complexity index is 647. The van der Waals surface area contributed by atoms with Gasteiger partial charge in [-0.15, -0.1) is 0 Å². The van der Waals surface area contributed by atoms with Gasteiger partial charge in [-0.3, -0.25) is 4.79 Å². The molecule has 0 bridgehead atoms. The fourth-order valence-corrected chi connectivity index (χ4v) is 2.05. The summed E-state index contributed by atoms with van der Waals surface area (Å²) in [6.45, 7) is 0.475. The molecule has 22 heavy (non-hydrogen) atoms. The summed E-state index contributed by atoms with van der Waals surface area (Å²) in [5, 5.41) is 5.88. The Morgan fingerprint density at radius 3 is 2.59 bits per heavy atom. The van der Waals surface area contributed by atoms with Crippen molar-refractivity contribution in [1.29, 1.82) is 0 Å². The molecule has 0 fully saturated rings. The Kier molecular flexibility index (Phi) is 5.61. The van der Waals surface area contributed by atoms with E-state index in [0.717, 1.165) is 11.3 Å². The highest BCUT2D eigenvalue weighted by Gasteiger charge is 2.05. The van der Waals surface area contributed by atoms with Crippen LogP contribution < -0.4 is 15.4 Å². The molecular weight excluding hydrogens is 307 g/mol. The third kappa shape index (κ3) is 4.63. The molecule has 0 saturated carbocycles. The number of methoxy groups -OCH3 is 1. The van der Waals surface area contributed by atoms with E-state index < -0.39 is 5.82 Å². The molecule has 116 valence electrons. The summed E-state index contributed by atoms with van der Waals surface area (Å²) in [6.07, 6.45) is 0. The van der Waals surface area contributed by atoms with Gasteiger partial charge in [0, 0.05) is 6.54 Å². The van der Waals surface area contributed by atoms with Crippen LogP contribution in [0, 0.1) is 5.82 Å². The molecule has 0 aliphatic heterocycles. The van der Waals surface area contributed by atoms with E-state index in [1.165, 1.54) is 18.2 Å². The van der Waals surface area contributed by atoms with Crippen molar-refractivity contribution in [2.24, 2.45) is 0 Å². The summed E-state index contributed by atoms with van der Waals surface area (Å²) < 4.78 is 18.0. The molecule has 0 aromatic heterocycles. The van der Waals surface area contributed by atoms with Gasteiger partial charge in [-0.1, -0.05) is 23.7 Å². The van der Waals surface area contributed by atoms with E-state index in [-0.39, 0.29) is 17.5 Å². The smallest absolute Gasteiger partial charge is 0.239 e. The van der Waals surface area contributed by atoms with Crippen molar-refractivity contribution < 1.29 is 13.9 Å². The molecule has 2 aromatic rings. The number of ether oxygens (including phenoxy) is 1. The lowest BCUT2D eigenvalue weighted by Crippen LogP contribution is -2.29. The highest BCUT2D eigenvalue weighted by atomic mass is 35.5. The zero-order chi connectivity index (χ0) is 15.9. The summed E-state index contributed by atoms with van der Waals surface area (Å²) in [5.74, 6) is 0.165. The van der Waals surface area contributed by atoms with Gasteiger partial charge in [0.1, 0.15) is 11.6 Å². The van der Waals surface area contributed by atoms with Crippen molar-refractivity contribution >= 4 is 23.2 Å². The molecule has 2 aromatic carbocycles. The first kappa shape index (κ1) is 16.1. The molecule has 0 atom stereocenters. The van der Waals surface area contributed by atoms with Gasteiger partial charge < -0.3 is 15.4 Å². The molecule has 4 nitrogen and oxygen atoms in total. The van der Waals surface area contributed by atoms with Crippen molar-refractivity contribution in [3.8, 4) is 5.75 Å². The topological polar surface area (TPSA) is 50.4 Å². The van der Waals surface area contributed by atoms with Gasteiger partial charge in [0.2, 0.25) is 5.91 Å². The second-order valence-corrected chi connectivity index (χ2v) is 5.01. The van der Waals surface area contributed by atoms with E-state index in [9.17, 15) is 9.18 Å². The van der Waals surface area contributed by atoms with Crippen LogP contribution in [-0.4, -0.2) is 19.6 Å². The quantitative estimate of drug-likeness (QED) is 0.858. The first-order valence-corrected chi connectivity index (χ1v) is 7.05. The highest BCUT2D eigenvalue weighted by molar-refractivity contribution is 6.33. The van der Waals surface area contributed by atoms with Crippen molar-refractivity contribution in [3.05, 3.63) is 58.9 Å². The Labute approximate surface area is 133 Å². The molecule has 0 heterocycles. The lowest BCUT2D eigenvalue weighted by atomic mass is 10.2. The van der Waals surface area contributed by atoms with Crippen LogP contribution in [-0.2, 0) is 11.3 Å². The van der Waals surface area contributed by atoms with Crippen LogP contribution in [0.25, 0.3) is 0 Å². The number of halogens is 2. The minimum absolute atomic E-state index is 0.0571. The fourth-order valence-electron chi connectivity index (χ4n) is 1.81. The van der Waals surface area contributed by atoms with E-state index in [1.807, 2.05) is 24.3 Å². The van der Waals surface area contributed by atoms with Crippen LogP contribution in [0.5, 0.6) is 5.75 Å². The number of hydrogen-bond acceptors (Lipinski definition) is 3. The molecule has 0 aliphatic rings. The Morgan fingerprint density at radius 1 is 1.23 bits per heavy atom. The maximum atomic E-state index is 12.9. The van der Waals surface area contributed by atoms with Gasteiger partial charge in [-0.25, -0.2) is 4.39 Å². The largest absolute Gasteiger partial charge is 0.497 e. The molecule has 0 saturated heterocycles. The number of amides is 1. The lowest BCUT2D eigenvalue weighted by molar-refractivity contribution is -0.119. The normalized spacial score (nSPS) is 10.1. The highest BCUT2D eigenvalue weighted by Crippen LogP contribution is 2.21. The van der Waals surface area contributed by atoms with E-state index in [4.69, 9.17) is 16.3 Å². The van der Waals surface area contributed by atoms with Crippen LogP contribution in [0.2, 0.25) is 5.02 Å². The minimum atomic E-state index is -0.417. The third-order valence-electron chi connectivity index (χ3n) is 3.02. The molecule has 2 rings (SSSR count). The van der Waals surface area contributed by atoms with E-state index in [2.05, 4.69) is 10.6 Å². The molecule has 0 spiro atoms. The predicted molar refractivity (Wildman–Crippen MR) is 84.7 cm³/mol. The lowest BCUT2D eigenvalue weighted by Gasteiger charge is -2.09. The summed E-state index contributed by atoms with van der Waals surface area (Å²) in [4.78, 5) is 11.8. The number of hydrogen-bond donors (Lipinski definition) is 2. The molecular formula is C16H16ClFN2O2. The van der Waals surface area contributed by atoms with Crippen molar-refractivity contribution in [2.75, 3.05) is 19.0 Å². The predicted octanol–water partition coefficient (Wildman–Crippen LogP) is 3.22. The van der Waals surface area contributed by atoms with Gasteiger partial charge in [0.15, 0.2) is 0 Å². The SMILES string of the molecule is COc1ccc(CNC(=O)CNc2ccc(F)cc2Cl)cc1. The average Bonchev–Trinajstić information content (AvgIpc) is 2.52. The number of anilines is 1. The average molecular weight is 323 g/mol. The first-order valence-electron chi connectivity index (χ1n) is 6.67. The maximum absolute atomic E-state index is 12.9. The number of nitrogens with one attached hydrogen (secondary N) is 2. The second-order valence-electron chi connectivity index (χ2n) is 4.60. The maximum Gasteiger partial charge on any atom is 0.239 e. The van der Waals surface area contributed by atoms with Crippen LogP contribution in [0.4, 0.5) is 10.1 Å². The van der Waals surface area contributed by atoms with E-state index in [0.29, 0.717) is 12.2 Å². The fraction of sp³-hybridized carbons (Fsp3) is 0.188. The zero-order valence-electron chi connectivity index (χ0n) is 12.0. The molecule has 0 unspecified atom stereocenters. The second kappa shape index (κ2) is 7.66. The minimum Gasteiger partial charge on any atom is -0.497 e. The number of carbonyl (C=O) groups is 1. The first-order chi connectivity index (χ1) is 10.6. The summed E-state index contributed by atoms with van der Waals surface area (Å²) in [7, 11) is 1.60. The van der Waals surface area contributed by atoms with Crippen LogP contribution in [0.3, 0.4) is 0 Å². The third-order valence-corrected chi connectivity index (χ3v) is 3.33. The molecule has 6 heteroatoms.